The summed E-state index contributed by atoms with van der Waals surface area (Å²) in [5.74, 6) is 0. The molecular weight excluding hydrogens is 498 g/mol. The number of nitrogens with zero attached hydrogens (tertiary/aromatic N) is 3. The van der Waals surface area contributed by atoms with Crippen molar-refractivity contribution in [2.75, 3.05) is 0 Å². The van der Waals surface area contributed by atoms with Crippen LogP contribution in [0.25, 0.3) is 60.9 Å². The quantitative estimate of drug-likeness (QED) is 0.232. The molecule has 0 saturated heterocycles. The predicted octanol–water partition coefficient (Wildman–Crippen LogP) is 9.53. The summed E-state index contributed by atoms with van der Waals surface area (Å²) in [6.45, 7) is 0. The lowest BCUT2D eigenvalue weighted by Gasteiger charge is -2.14. The zero-order chi connectivity index (χ0) is 27.8. The van der Waals surface area contributed by atoms with Gasteiger partial charge in [-0.2, -0.15) is 10.5 Å². The molecule has 3 nitrogen and oxygen atoms in total. The lowest BCUT2D eigenvalue weighted by molar-refractivity contribution is 1.18. The fourth-order valence-electron chi connectivity index (χ4n) is 5.83. The number of aromatic nitrogens is 1. The van der Waals surface area contributed by atoms with Crippen molar-refractivity contribution < 1.29 is 0 Å². The van der Waals surface area contributed by atoms with Crippen LogP contribution in [0.15, 0.2) is 140 Å². The maximum Gasteiger partial charge on any atom is 0.0998 e. The number of rotatable bonds is 4. The number of hydrogen-bond donors (Lipinski definition) is 0. The van der Waals surface area contributed by atoms with E-state index in [9.17, 15) is 10.5 Å². The van der Waals surface area contributed by atoms with Crippen LogP contribution in [-0.4, -0.2) is 4.57 Å². The third kappa shape index (κ3) is 4.05. The first-order valence-electron chi connectivity index (χ1n) is 13.5. The topological polar surface area (TPSA) is 52.5 Å². The van der Waals surface area contributed by atoms with Crippen LogP contribution < -0.4 is 0 Å². The molecule has 7 aromatic rings. The summed E-state index contributed by atoms with van der Waals surface area (Å²) in [4.78, 5) is 0. The van der Waals surface area contributed by atoms with Gasteiger partial charge in [-0.25, -0.2) is 0 Å². The van der Waals surface area contributed by atoms with Gasteiger partial charge in [-0.05, 0) is 58.7 Å². The van der Waals surface area contributed by atoms with Crippen LogP contribution in [0.2, 0.25) is 0 Å². The molecule has 0 unspecified atom stereocenters. The molecule has 7 rings (SSSR count). The zero-order valence-corrected chi connectivity index (χ0v) is 22.1. The van der Waals surface area contributed by atoms with Crippen molar-refractivity contribution in [3.63, 3.8) is 0 Å². The minimum atomic E-state index is 0.483. The van der Waals surface area contributed by atoms with Gasteiger partial charge in [-0.15, -0.1) is 0 Å². The normalized spacial score (nSPS) is 10.9. The molecule has 0 aliphatic heterocycles. The second kappa shape index (κ2) is 10.0. The van der Waals surface area contributed by atoms with Gasteiger partial charge in [-0.3, -0.25) is 0 Å². The van der Waals surface area contributed by atoms with Crippen molar-refractivity contribution >= 4 is 21.8 Å². The van der Waals surface area contributed by atoms with Gasteiger partial charge < -0.3 is 4.57 Å². The van der Waals surface area contributed by atoms with Crippen molar-refractivity contribution in [1.82, 2.24) is 4.57 Å². The third-order valence-electron chi connectivity index (χ3n) is 7.68. The summed E-state index contributed by atoms with van der Waals surface area (Å²) in [6, 6.07) is 52.0. The van der Waals surface area contributed by atoms with E-state index in [0.29, 0.717) is 16.7 Å². The summed E-state index contributed by atoms with van der Waals surface area (Å²) < 4.78 is 2.27. The molecule has 6 aromatic carbocycles. The smallest absolute Gasteiger partial charge is 0.0998 e. The molecule has 1 heterocycles. The van der Waals surface area contributed by atoms with Gasteiger partial charge in [0, 0.05) is 27.6 Å². The van der Waals surface area contributed by atoms with Gasteiger partial charge in [0.25, 0.3) is 0 Å². The van der Waals surface area contributed by atoms with E-state index in [2.05, 4.69) is 102 Å². The Morgan fingerprint density at radius 1 is 0.463 bits per heavy atom. The van der Waals surface area contributed by atoms with Crippen molar-refractivity contribution in [3.8, 4) is 51.2 Å². The molecule has 0 fully saturated rings. The first-order chi connectivity index (χ1) is 20.3. The van der Waals surface area contributed by atoms with Crippen LogP contribution in [0, 0.1) is 22.7 Å². The van der Waals surface area contributed by atoms with Gasteiger partial charge >= 0.3 is 0 Å². The van der Waals surface area contributed by atoms with Gasteiger partial charge in [0.15, 0.2) is 0 Å². The van der Waals surface area contributed by atoms with E-state index in [1.807, 2.05) is 36.4 Å². The van der Waals surface area contributed by atoms with Crippen molar-refractivity contribution in [3.05, 3.63) is 151 Å². The second-order valence-electron chi connectivity index (χ2n) is 10.0. The Balaban J connectivity index is 1.60. The highest BCUT2D eigenvalue weighted by atomic mass is 15.0. The Labute approximate surface area is 238 Å². The van der Waals surface area contributed by atoms with Crippen LogP contribution in [0.3, 0.4) is 0 Å². The fraction of sp³-hybridized carbons (Fsp3) is 0. The molecule has 0 aliphatic rings. The maximum atomic E-state index is 10.1. The molecule has 0 radical (unpaired) electrons. The predicted molar refractivity (Wildman–Crippen MR) is 167 cm³/mol. The van der Waals surface area contributed by atoms with E-state index in [1.165, 1.54) is 0 Å². The molecule has 0 bridgehead atoms. The van der Waals surface area contributed by atoms with E-state index < -0.39 is 0 Å². The molecule has 3 heteroatoms. The number of fused-ring (bicyclic) bond motifs is 3. The summed E-state index contributed by atoms with van der Waals surface area (Å²) in [5.41, 5.74) is 10.1. The summed E-state index contributed by atoms with van der Waals surface area (Å²) in [5, 5.41) is 22.3. The highest BCUT2D eigenvalue weighted by molar-refractivity contribution is 6.15. The van der Waals surface area contributed by atoms with E-state index in [-0.39, 0.29) is 0 Å². The highest BCUT2D eigenvalue weighted by Crippen LogP contribution is 2.41. The van der Waals surface area contributed by atoms with E-state index in [0.717, 1.165) is 55.3 Å². The lowest BCUT2D eigenvalue weighted by Crippen LogP contribution is -1.98. The molecular formula is C38H23N3. The fourth-order valence-corrected chi connectivity index (χ4v) is 5.83. The third-order valence-corrected chi connectivity index (χ3v) is 7.68. The molecule has 0 saturated carbocycles. The average molecular weight is 522 g/mol. The second-order valence-corrected chi connectivity index (χ2v) is 10.0. The monoisotopic (exact) mass is 521 g/mol. The number of benzene rings is 6. The van der Waals surface area contributed by atoms with Crippen LogP contribution in [0.1, 0.15) is 11.1 Å². The number of hydrogen-bond acceptors (Lipinski definition) is 2. The minimum Gasteiger partial charge on any atom is -0.309 e. The molecule has 41 heavy (non-hydrogen) atoms. The maximum absolute atomic E-state index is 10.1. The Hall–Kier alpha value is -5.90. The van der Waals surface area contributed by atoms with Gasteiger partial charge in [0.2, 0.25) is 0 Å². The Morgan fingerprint density at radius 2 is 1.05 bits per heavy atom. The van der Waals surface area contributed by atoms with Crippen LogP contribution in [0.5, 0.6) is 0 Å². The molecule has 190 valence electrons. The van der Waals surface area contributed by atoms with E-state index in [4.69, 9.17) is 0 Å². The zero-order valence-electron chi connectivity index (χ0n) is 22.1. The molecule has 0 amide bonds. The van der Waals surface area contributed by atoms with E-state index in [1.54, 1.807) is 18.2 Å². The first kappa shape index (κ1) is 24.2. The van der Waals surface area contributed by atoms with Crippen LogP contribution >= 0.6 is 0 Å². The molecule has 0 aliphatic carbocycles. The summed E-state index contributed by atoms with van der Waals surface area (Å²) in [6.07, 6.45) is 0. The number of nitriles is 2. The van der Waals surface area contributed by atoms with Gasteiger partial charge in [0.05, 0.1) is 34.3 Å². The molecule has 0 atom stereocenters. The standard InChI is InChI=1S/C38H23N3/c39-24-30-15-7-16-31(25-40)37(30)34-19-9-18-33-35-23-29(27-12-5-2-6-13-27)20-21-36(35)41(38(33)34)32-17-8-14-28(22-32)26-10-3-1-4-11-26/h1-23H. The van der Waals surface area contributed by atoms with Crippen LogP contribution in [-0.2, 0) is 0 Å². The lowest BCUT2D eigenvalue weighted by atomic mass is 9.93. The van der Waals surface area contributed by atoms with Gasteiger partial charge in [-0.1, -0.05) is 103 Å². The summed E-state index contributed by atoms with van der Waals surface area (Å²) >= 11 is 0. The Morgan fingerprint density at radius 3 is 1.71 bits per heavy atom. The SMILES string of the molecule is N#Cc1cccc(C#N)c1-c1cccc2c3cc(-c4ccccc4)ccc3n(-c3cccc(-c4ccccc4)c3)c12. The Bertz CT molecular complexity index is 2130. The van der Waals surface area contributed by atoms with Crippen molar-refractivity contribution in [2.45, 2.75) is 0 Å². The van der Waals surface area contributed by atoms with Gasteiger partial charge in [0.1, 0.15) is 0 Å². The highest BCUT2D eigenvalue weighted by Gasteiger charge is 2.20. The number of para-hydroxylation sites is 1. The minimum absolute atomic E-state index is 0.483. The van der Waals surface area contributed by atoms with Crippen molar-refractivity contribution in [1.29, 1.82) is 10.5 Å². The molecule has 0 N–H and O–H groups in total. The Kier molecular flexibility index (Phi) is 5.90. The first-order valence-corrected chi connectivity index (χ1v) is 13.5. The van der Waals surface area contributed by atoms with Crippen molar-refractivity contribution in [2.24, 2.45) is 0 Å². The summed E-state index contributed by atoms with van der Waals surface area (Å²) in [7, 11) is 0. The molecule has 0 spiro atoms. The van der Waals surface area contributed by atoms with E-state index >= 15 is 0 Å². The average Bonchev–Trinajstić information content (AvgIpc) is 3.39. The van der Waals surface area contributed by atoms with Crippen LogP contribution in [0.4, 0.5) is 0 Å². The molecule has 1 aromatic heterocycles. The largest absolute Gasteiger partial charge is 0.309 e.